The van der Waals surface area contributed by atoms with Crippen LogP contribution in [-0.4, -0.2) is 37.1 Å². The van der Waals surface area contributed by atoms with Gasteiger partial charge in [-0.3, -0.25) is 4.79 Å². The minimum atomic E-state index is -1.11. The zero-order chi connectivity index (χ0) is 17.7. The van der Waals surface area contributed by atoms with Crippen LogP contribution in [0.2, 0.25) is 0 Å². The molecule has 2 aromatic rings. The fourth-order valence-corrected chi connectivity index (χ4v) is 2.59. The van der Waals surface area contributed by atoms with Crippen LogP contribution in [0.1, 0.15) is 40.1 Å². The lowest BCUT2D eigenvalue weighted by Crippen LogP contribution is -2.22. The first kappa shape index (κ1) is 17.5. The van der Waals surface area contributed by atoms with Gasteiger partial charge in [-0.2, -0.15) is 0 Å². The zero-order valence-electron chi connectivity index (χ0n) is 14.1. The molecule has 0 aliphatic heterocycles. The zero-order valence-corrected chi connectivity index (χ0v) is 14.1. The summed E-state index contributed by atoms with van der Waals surface area (Å²) in [5, 5.41) is 9.50. The van der Waals surface area contributed by atoms with E-state index in [9.17, 15) is 14.7 Å². The standard InChI is InChI=1S/C19H21NO4/c1-4-20(5-2)14-8-11-16(17(12-14)19(22)23)18(21)13-6-9-15(24-3)10-7-13/h6-12H,4-5H2,1-3H3,(H,22,23). The molecule has 0 saturated carbocycles. The van der Waals surface area contributed by atoms with Gasteiger partial charge in [0.25, 0.3) is 0 Å². The van der Waals surface area contributed by atoms with Gasteiger partial charge in [-0.15, -0.1) is 0 Å². The van der Waals surface area contributed by atoms with Crippen molar-refractivity contribution in [3.05, 3.63) is 59.2 Å². The largest absolute Gasteiger partial charge is 0.497 e. The van der Waals surface area contributed by atoms with Gasteiger partial charge in [-0.05, 0) is 56.3 Å². The highest BCUT2D eigenvalue weighted by molar-refractivity contribution is 6.14. The first-order valence-electron chi connectivity index (χ1n) is 7.82. The number of methoxy groups -OCH3 is 1. The van der Waals surface area contributed by atoms with Gasteiger partial charge in [-0.1, -0.05) is 0 Å². The number of carbonyl (C=O) groups excluding carboxylic acids is 1. The Morgan fingerprint density at radius 1 is 1.00 bits per heavy atom. The molecule has 0 aliphatic rings. The highest BCUT2D eigenvalue weighted by Gasteiger charge is 2.19. The lowest BCUT2D eigenvalue weighted by atomic mass is 9.97. The molecule has 2 rings (SSSR count). The monoisotopic (exact) mass is 327 g/mol. The van der Waals surface area contributed by atoms with E-state index < -0.39 is 5.97 Å². The van der Waals surface area contributed by atoms with Crippen LogP contribution in [0.3, 0.4) is 0 Å². The maximum absolute atomic E-state index is 12.7. The van der Waals surface area contributed by atoms with Crippen molar-refractivity contribution in [1.29, 1.82) is 0 Å². The van der Waals surface area contributed by atoms with E-state index in [0.717, 1.165) is 18.8 Å². The van der Waals surface area contributed by atoms with E-state index in [1.165, 1.54) is 0 Å². The molecule has 0 radical (unpaired) electrons. The van der Waals surface area contributed by atoms with Gasteiger partial charge in [0, 0.05) is 29.9 Å². The molecule has 0 atom stereocenters. The minimum absolute atomic E-state index is 0.0141. The quantitative estimate of drug-likeness (QED) is 0.789. The molecule has 0 aromatic heterocycles. The first-order valence-corrected chi connectivity index (χ1v) is 7.82. The Kier molecular flexibility index (Phi) is 5.58. The molecular formula is C19H21NO4. The Hall–Kier alpha value is -2.82. The van der Waals surface area contributed by atoms with Gasteiger partial charge < -0.3 is 14.7 Å². The number of nitrogens with zero attached hydrogens (tertiary/aromatic N) is 1. The van der Waals surface area contributed by atoms with E-state index in [1.54, 1.807) is 49.6 Å². The van der Waals surface area contributed by atoms with E-state index in [-0.39, 0.29) is 16.9 Å². The maximum atomic E-state index is 12.7. The molecule has 0 heterocycles. The minimum Gasteiger partial charge on any atom is -0.497 e. The fraction of sp³-hybridized carbons (Fsp3) is 0.263. The number of anilines is 1. The molecule has 0 unspecified atom stereocenters. The van der Waals surface area contributed by atoms with Crippen molar-refractivity contribution in [3.63, 3.8) is 0 Å². The van der Waals surface area contributed by atoms with E-state index in [4.69, 9.17) is 4.74 Å². The van der Waals surface area contributed by atoms with E-state index in [1.807, 2.05) is 18.7 Å². The SMILES string of the molecule is CCN(CC)c1ccc(C(=O)c2ccc(OC)cc2)c(C(=O)O)c1. The lowest BCUT2D eigenvalue weighted by Gasteiger charge is -2.22. The van der Waals surface area contributed by atoms with Crippen LogP contribution < -0.4 is 9.64 Å². The third-order valence-corrected chi connectivity index (χ3v) is 3.96. The number of rotatable bonds is 7. The highest BCUT2D eigenvalue weighted by Crippen LogP contribution is 2.23. The number of benzene rings is 2. The Morgan fingerprint density at radius 2 is 1.62 bits per heavy atom. The molecular weight excluding hydrogens is 306 g/mol. The van der Waals surface area contributed by atoms with Crippen LogP contribution in [0, 0.1) is 0 Å². The average molecular weight is 327 g/mol. The number of carbonyl (C=O) groups is 2. The summed E-state index contributed by atoms with van der Waals surface area (Å²) in [7, 11) is 1.55. The summed E-state index contributed by atoms with van der Waals surface area (Å²) in [5.74, 6) is -0.788. The normalized spacial score (nSPS) is 10.3. The molecule has 5 nitrogen and oxygen atoms in total. The lowest BCUT2D eigenvalue weighted by molar-refractivity contribution is 0.0693. The van der Waals surface area contributed by atoms with E-state index >= 15 is 0 Å². The molecule has 5 heteroatoms. The smallest absolute Gasteiger partial charge is 0.336 e. The Morgan fingerprint density at radius 3 is 2.12 bits per heavy atom. The van der Waals surface area contributed by atoms with Gasteiger partial charge in [0.2, 0.25) is 0 Å². The number of carboxylic acids is 1. The van der Waals surface area contributed by atoms with Crippen molar-refractivity contribution in [3.8, 4) is 5.75 Å². The third-order valence-electron chi connectivity index (χ3n) is 3.96. The molecule has 126 valence electrons. The van der Waals surface area contributed by atoms with Crippen molar-refractivity contribution in [2.24, 2.45) is 0 Å². The Labute approximate surface area is 141 Å². The molecule has 0 aliphatic carbocycles. The van der Waals surface area contributed by atoms with Crippen LogP contribution in [0.5, 0.6) is 5.75 Å². The molecule has 0 spiro atoms. The number of ether oxygens (including phenoxy) is 1. The average Bonchev–Trinajstić information content (AvgIpc) is 2.62. The number of carboxylic acid groups (broad SMARTS) is 1. The summed E-state index contributed by atoms with van der Waals surface area (Å²) in [6.07, 6.45) is 0. The van der Waals surface area contributed by atoms with Crippen molar-refractivity contribution < 1.29 is 19.4 Å². The predicted molar refractivity (Wildman–Crippen MR) is 93.4 cm³/mol. The van der Waals surface area contributed by atoms with Gasteiger partial charge in [0.15, 0.2) is 5.78 Å². The molecule has 0 amide bonds. The van der Waals surface area contributed by atoms with Crippen molar-refractivity contribution >= 4 is 17.4 Å². The summed E-state index contributed by atoms with van der Waals surface area (Å²) < 4.78 is 5.07. The van der Waals surface area contributed by atoms with Gasteiger partial charge in [0.05, 0.1) is 12.7 Å². The van der Waals surface area contributed by atoms with Gasteiger partial charge in [0.1, 0.15) is 5.75 Å². The number of hydrogen-bond acceptors (Lipinski definition) is 4. The summed E-state index contributed by atoms with van der Waals surface area (Å²) in [6.45, 7) is 5.53. The van der Waals surface area contributed by atoms with Crippen LogP contribution in [0.4, 0.5) is 5.69 Å². The Bertz CT molecular complexity index is 734. The second-order valence-corrected chi connectivity index (χ2v) is 5.26. The van der Waals surface area contributed by atoms with E-state index in [0.29, 0.717) is 11.3 Å². The second kappa shape index (κ2) is 7.64. The van der Waals surface area contributed by atoms with Gasteiger partial charge >= 0.3 is 5.97 Å². The van der Waals surface area contributed by atoms with Crippen molar-refractivity contribution in [1.82, 2.24) is 0 Å². The summed E-state index contributed by atoms with van der Waals surface area (Å²) in [4.78, 5) is 26.3. The molecule has 24 heavy (non-hydrogen) atoms. The highest BCUT2D eigenvalue weighted by atomic mass is 16.5. The first-order chi connectivity index (χ1) is 11.5. The van der Waals surface area contributed by atoms with Crippen LogP contribution in [-0.2, 0) is 0 Å². The summed E-state index contributed by atoms with van der Waals surface area (Å²) in [5.41, 5.74) is 1.42. The fourth-order valence-electron chi connectivity index (χ4n) is 2.59. The molecule has 0 fully saturated rings. The third kappa shape index (κ3) is 3.56. The van der Waals surface area contributed by atoms with Crippen LogP contribution in [0.15, 0.2) is 42.5 Å². The van der Waals surface area contributed by atoms with Crippen molar-refractivity contribution in [2.75, 3.05) is 25.1 Å². The molecule has 1 N–H and O–H groups in total. The topological polar surface area (TPSA) is 66.8 Å². The second-order valence-electron chi connectivity index (χ2n) is 5.26. The van der Waals surface area contributed by atoms with Crippen LogP contribution in [0.25, 0.3) is 0 Å². The van der Waals surface area contributed by atoms with Crippen LogP contribution >= 0.6 is 0 Å². The molecule has 0 bridgehead atoms. The number of aromatic carboxylic acids is 1. The maximum Gasteiger partial charge on any atom is 0.336 e. The summed E-state index contributed by atoms with van der Waals surface area (Å²) in [6, 6.07) is 11.6. The number of hydrogen-bond donors (Lipinski definition) is 1. The van der Waals surface area contributed by atoms with Gasteiger partial charge in [-0.25, -0.2) is 4.79 Å². The Balaban J connectivity index is 2.44. The van der Waals surface area contributed by atoms with E-state index in [2.05, 4.69) is 0 Å². The predicted octanol–water partition coefficient (Wildman–Crippen LogP) is 3.47. The number of ketones is 1. The molecule has 0 saturated heterocycles. The van der Waals surface area contributed by atoms with Crippen molar-refractivity contribution in [2.45, 2.75) is 13.8 Å². The molecule has 2 aromatic carbocycles. The summed E-state index contributed by atoms with van der Waals surface area (Å²) >= 11 is 0.